The van der Waals surface area contributed by atoms with Crippen LogP contribution in [0.2, 0.25) is 0 Å². The van der Waals surface area contributed by atoms with Crippen LogP contribution in [0.3, 0.4) is 0 Å². The molecule has 0 fully saturated rings. The number of hydrogen-bond donors (Lipinski definition) is 3. The van der Waals surface area contributed by atoms with E-state index in [2.05, 4.69) is 10.6 Å². The van der Waals surface area contributed by atoms with E-state index in [1.54, 1.807) is 34.6 Å². The molecule has 0 aliphatic rings. The van der Waals surface area contributed by atoms with Gasteiger partial charge in [0.2, 0.25) is 11.8 Å². The van der Waals surface area contributed by atoms with Crippen molar-refractivity contribution in [1.82, 2.24) is 15.5 Å². The van der Waals surface area contributed by atoms with Crippen LogP contribution in [0.4, 0.5) is 4.79 Å². The highest BCUT2D eigenvalue weighted by Crippen LogP contribution is 2.27. The van der Waals surface area contributed by atoms with Crippen LogP contribution in [0, 0.1) is 6.92 Å². The van der Waals surface area contributed by atoms with Gasteiger partial charge in [-0.05, 0) is 66.0 Å². The molecule has 0 radical (unpaired) electrons. The van der Waals surface area contributed by atoms with Crippen molar-refractivity contribution in [1.29, 1.82) is 0 Å². The first-order valence-corrected chi connectivity index (χ1v) is 11.6. The van der Waals surface area contributed by atoms with E-state index in [-0.39, 0.29) is 18.0 Å². The van der Waals surface area contributed by atoms with E-state index < -0.39 is 36.3 Å². The van der Waals surface area contributed by atoms with Crippen molar-refractivity contribution < 1.29 is 24.2 Å². The van der Waals surface area contributed by atoms with Crippen LogP contribution in [0.5, 0.6) is 0 Å². The van der Waals surface area contributed by atoms with Crippen molar-refractivity contribution in [3.63, 3.8) is 0 Å². The summed E-state index contributed by atoms with van der Waals surface area (Å²) in [7, 11) is 0. The maximum absolute atomic E-state index is 13.6. The second-order valence-electron chi connectivity index (χ2n) is 9.68. The summed E-state index contributed by atoms with van der Waals surface area (Å²) in [5, 5.41) is 15.4. The number of nitrogens with one attached hydrogen (secondary N) is 2. The molecule has 3 N–H and O–H groups in total. The summed E-state index contributed by atoms with van der Waals surface area (Å²) in [4.78, 5) is 40.7. The Kier molecular flexibility index (Phi) is 10.8. The van der Waals surface area contributed by atoms with Crippen molar-refractivity contribution in [3.8, 4) is 0 Å². The molecular weight excluding hydrogens is 422 g/mol. The summed E-state index contributed by atoms with van der Waals surface area (Å²) in [6.45, 7) is 13.9. The summed E-state index contributed by atoms with van der Waals surface area (Å²) in [5.41, 5.74) is 0.790. The summed E-state index contributed by atoms with van der Waals surface area (Å²) < 4.78 is 5.24. The molecule has 0 aliphatic carbocycles. The monoisotopic (exact) mass is 463 g/mol. The number of nitrogens with zero attached hydrogens (tertiary/aromatic N) is 1. The molecule has 0 heterocycles. The molecule has 1 rings (SSSR count). The van der Waals surface area contributed by atoms with E-state index in [1.807, 2.05) is 45.0 Å². The van der Waals surface area contributed by atoms with Crippen molar-refractivity contribution in [2.45, 2.75) is 98.0 Å². The van der Waals surface area contributed by atoms with Gasteiger partial charge in [-0.25, -0.2) is 4.79 Å². The normalized spacial score (nSPS) is 14.2. The minimum absolute atomic E-state index is 0.0633. The molecule has 0 aliphatic heterocycles. The summed E-state index contributed by atoms with van der Waals surface area (Å²) in [6.07, 6.45) is 0.906. The van der Waals surface area contributed by atoms with Gasteiger partial charge in [-0.1, -0.05) is 37.6 Å². The van der Waals surface area contributed by atoms with E-state index in [1.165, 1.54) is 4.90 Å². The van der Waals surface area contributed by atoms with E-state index in [0.29, 0.717) is 5.56 Å². The Hall–Kier alpha value is -2.61. The van der Waals surface area contributed by atoms with Crippen LogP contribution in [0.15, 0.2) is 24.3 Å². The predicted molar refractivity (Wildman–Crippen MR) is 129 cm³/mol. The zero-order chi connectivity index (χ0) is 25.3. The molecule has 8 heteroatoms. The summed E-state index contributed by atoms with van der Waals surface area (Å²) >= 11 is 0. The Morgan fingerprint density at radius 3 is 2.18 bits per heavy atom. The number of benzene rings is 1. The highest BCUT2D eigenvalue weighted by molar-refractivity contribution is 5.92. The molecular formula is C25H41N3O5. The van der Waals surface area contributed by atoms with E-state index >= 15 is 0 Å². The van der Waals surface area contributed by atoms with Crippen LogP contribution in [0.25, 0.3) is 0 Å². The zero-order valence-corrected chi connectivity index (χ0v) is 21.3. The van der Waals surface area contributed by atoms with Gasteiger partial charge in [0.1, 0.15) is 17.7 Å². The van der Waals surface area contributed by atoms with Crippen LogP contribution < -0.4 is 10.6 Å². The molecule has 1 aromatic rings. The minimum Gasteiger partial charge on any atom is -0.444 e. The number of carbonyl (C=O) groups is 3. The summed E-state index contributed by atoms with van der Waals surface area (Å²) in [5.74, 6) is -0.869. The number of rotatable bonds is 10. The SMILES string of the molecule is CCCC(C)NC(=O)C(c1ccccc1C)N(C(=O)C(CO)NC(=O)OC(C)(C)C)C(C)C. The Balaban J connectivity index is 3.37. The first-order chi connectivity index (χ1) is 15.3. The number of aryl methyl sites for hydroxylation is 1. The molecule has 33 heavy (non-hydrogen) atoms. The van der Waals surface area contributed by atoms with Crippen LogP contribution >= 0.6 is 0 Å². The number of alkyl carbamates (subject to hydrolysis) is 1. The van der Waals surface area contributed by atoms with Gasteiger partial charge in [0, 0.05) is 12.1 Å². The number of carbonyl (C=O) groups excluding carboxylic acids is 3. The molecule has 0 saturated heterocycles. The van der Waals surface area contributed by atoms with Crippen LogP contribution in [-0.4, -0.2) is 58.2 Å². The standard InChI is InChI=1S/C25H41N3O5/c1-9-12-18(5)26-22(30)21(19-14-11-10-13-17(19)4)28(16(2)3)23(31)20(15-29)27-24(32)33-25(6,7)8/h10-11,13-14,16,18,20-21,29H,9,12,15H2,1-8H3,(H,26,30)(H,27,32). The molecule has 3 amide bonds. The topological polar surface area (TPSA) is 108 Å². The second-order valence-corrected chi connectivity index (χ2v) is 9.68. The second kappa shape index (κ2) is 12.6. The Morgan fingerprint density at radius 1 is 1.09 bits per heavy atom. The first-order valence-electron chi connectivity index (χ1n) is 11.6. The molecule has 0 saturated carbocycles. The average Bonchev–Trinajstić information content (AvgIpc) is 2.68. The highest BCUT2D eigenvalue weighted by atomic mass is 16.6. The van der Waals surface area contributed by atoms with Gasteiger partial charge in [0.15, 0.2) is 0 Å². The fourth-order valence-electron chi connectivity index (χ4n) is 3.63. The lowest BCUT2D eigenvalue weighted by atomic mass is 9.96. The Bertz CT molecular complexity index is 803. The number of hydrogen-bond acceptors (Lipinski definition) is 5. The fraction of sp³-hybridized carbons (Fsp3) is 0.640. The lowest BCUT2D eigenvalue weighted by Crippen LogP contribution is -2.56. The molecule has 8 nitrogen and oxygen atoms in total. The fourth-order valence-corrected chi connectivity index (χ4v) is 3.63. The molecule has 1 aromatic carbocycles. The summed E-state index contributed by atoms with van der Waals surface area (Å²) in [6, 6.07) is 4.77. The molecule has 0 aromatic heterocycles. The number of ether oxygens (including phenoxy) is 1. The number of aliphatic hydroxyl groups excluding tert-OH is 1. The van der Waals surface area contributed by atoms with Crippen LogP contribution in [0.1, 0.15) is 78.5 Å². The largest absolute Gasteiger partial charge is 0.444 e. The predicted octanol–water partition coefficient (Wildman–Crippen LogP) is 3.46. The van der Waals surface area contributed by atoms with Gasteiger partial charge in [0.05, 0.1) is 6.61 Å². The highest BCUT2D eigenvalue weighted by Gasteiger charge is 2.38. The van der Waals surface area contributed by atoms with Crippen molar-refractivity contribution in [2.75, 3.05) is 6.61 Å². The molecule has 0 bridgehead atoms. The lowest BCUT2D eigenvalue weighted by molar-refractivity contribution is -0.145. The van der Waals surface area contributed by atoms with Crippen molar-refractivity contribution in [2.24, 2.45) is 0 Å². The zero-order valence-electron chi connectivity index (χ0n) is 21.3. The van der Waals surface area contributed by atoms with E-state index in [0.717, 1.165) is 18.4 Å². The van der Waals surface area contributed by atoms with Gasteiger partial charge >= 0.3 is 6.09 Å². The third kappa shape index (κ3) is 8.68. The van der Waals surface area contributed by atoms with Gasteiger partial charge in [-0.3, -0.25) is 9.59 Å². The maximum Gasteiger partial charge on any atom is 0.408 e. The van der Waals surface area contributed by atoms with E-state index in [9.17, 15) is 19.5 Å². The van der Waals surface area contributed by atoms with E-state index in [4.69, 9.17) is 4.74 Å². The van der Waals surface area contributed by atoms with Crippen molar-refractivity contribution in [3.05, 3.63) is 35.4 Å². The molecule has 3 atom stereocenters. The van der Waals surface area contributed by atoms with Gasteiger partial charge < -0.3 is 25.4 Å². The average molecular weight is 464 g/mol. The first kappa shape index (κ1) is 28.4. The number of amides is 3. The smallest absolute Gasteiger partial charge is 0.408 e. The quantitative estimate of drug-likeness (QED) is 0.492. The Morgan fingerprint density at radius 2 is 1.70 bits per heavy atom. The minimum atomic E-state index is -1.25. The molecule has 3 unspecified atom stereocenters. The van der Waals surface area contributed by atoms with Crippen molar-refractivity contribution >= 4 is 17.9 Å². The van der Waals surface area contributed by atoms with Crippen LogP contribution in [-0.2, 0) is 14.3 Å². The third-order valence-electron chi connectivity index (χ3n) is 5.10. The third-order valence-corrected chi connectivity index (χ3v) is 5.10. The Labute approximate surface area is 198 Å². The number of aliphatic hydroxyl groups is 1. The molecule has 0 spiro atoms. The van der Waals surface area contributed by atoms with Gasteiger partial charge in [0.25, 0.3) is 0 Å². The van der Waals surface area contributed by atoms with Gasteiger partial charge in [-0.2, -0.15) is 0 Å². The van der Waals surface area contributed by atoms with Gasteiger partial charge in [-0.15, -0.1) is 0 Å². The maximum atomic E-state index is 13.6. The lowest BCUT2D eigenvalue weighted by Gasteiger charge is -2.37. The molecule has 186 valence electrons.